The molecule has 0 saturated heterocycles. The van der Waals surface area contributed by atoms with Gasteiger partial charge >= 0.3 is 5.97 Å². The Morgan fingerprint density at radius 2 is 1.54 bits per heavy atom. The SMILES string of the molecule is CSCCC(NC(=O)C(CCCCN)NC(=O)C(NC(=O)C(N)Cc1ccc(O)cc1)C(C)C)C(=O)O. The lowest BCUT2D eigenvalue weighted by atomic mass is 10.00. The van der Waals surface area contributed by atoms with Crippen LogP contribution in [-0.4, -0.2) is 76.6 Å². The van der Waals surface area contributed by atoms with Gasteiger partial charge in [-0.15, -0.1) is 0 Å². The number of hydrogen-bond donors (Lipinski definition) is 7. The van der Waals surface area contributed by atoms with E-state index in [9.17, 15) is 29.4 Å². The molecule has 208 valence electrons. The number of carboxylic acids is 1. The third-order valence-corrected chi connectivity index (χ3v) is 6.42. The molecule has 0 aliphatic rings. The number of carbonyl (C=O) groups is 4. The van der Waals surface area contributed by atoms with E-state index in [1.165, 1.54) is 23.9 Å². The van der Waals surface area contributed by atoms with Crippen LogP contribution in [0.2, 0.25) is 0 Å². The van der Waals surface area contributed by atoms with Crippen molar-refractivity contribution in [3.8, 4) is 5.75 Å². The number of thioether (sulfide) groups is 1. The summed E-state index contributed by atoms with van der Waals surface area (Å²) >= 11 is 1.47. The summed E-state index contributed by atoms with van der Waals surface area (Å²) in [6.45, 7) is 3.92. The Morgan fingerprint density at radius 1 is 0.919 bits per heavy atom. The summed E-state index contributed by atoms with van der Waals surface area (Å²) < 4.78 is 0. The minimum atomic E-state index is -1.15. The maximum absolute atomic E-state index is 13.2. The van der Waals surface area contributed by atoms with Crippen molar-refractivity contribution in [2.45, 2.75) is 70.1 Å². The Hall–Kier alpha value is -2.83. The first-order valence-corrected chi connectivity index (χ1v) is 13.8. The Kier molecular flexibility index (Phi) is 14.6. The smallest absolute Gasteiger partial charge is 0.326 e. The number of phenols is 1. The van der Waals surface area contributed by atoms with Gasteiger partial charge in [-0.1, -0.05) is 26.0 Å². The predicted octanol–water partition coefficient (Wildman–Crippen LogP) is 0.339. The number of nitrogens with two attached hydrogens (primary N) is 2. The number of hydrogen-bond acceptors (Lipinski definition) is 8. The van der Waals surface area contributed by atoms with Crippen molar-refractivity contribution in [3.63, 3.8) is 0 Å². The number of phenolic OH excluding ortho intramolecular Hbond substituents is 1. The number of nitrogens with one attached hydrogen (secondary N) is 3. The molecular formula is C25H41N5O6S. The van der Waals surface area contributed by atoms with Crippen molar-refractivity contribution in [3.05, 3.63) is 29.8 Å². The van der Waals surface area contributed by atoms with Gasteiger partial charge < -0.3 is 37.6 Å². The highest BCUT2D eigenvalue weighted by Crippen LogP contribution is 2.12. The summed E-state index contributed by atoms with van der Waals surface area (Å²) in [7, 11) is 0. The van der Waals surface area contributed by atoms with E-state index in [1.54, 1.807) is 26.0 Å². The third kappa shape index (κ3) is 11.8. The summed E-state index contributed by atoms with van der Waals surface area (Å²) in [4.78, 5) is 50.4. The van der Waals surface area contributed by atoms with Gasteiger partial charge in [0.2, 0.25) is 17.7 Å². The van der Waals surface area contributed by atoms with Crippen molar-refractivity contribution in [2.24, 2.45) is 17.4 Å². The molecule has 0 bridgehead atoms. The summed E-state index contributed by atoms with van der Waals surface area (Å²) in [6, 6.07) is 2.34. The van der Waals surface area contributed by atoms with Crippen LogP contribution in [0.3, 0.4) is 0 Å². The van der Waals surface area contributed by atoms with Crippen molar-refractivity contribution in [1.29, 1.82) is 0 Å². The maximum atomic E-state index is 13.2. The first-order valence-electron chi connectivity index (χ1n) is 12.4. The average molecular weight is 540 g/mol. The van der Waals surface area contributed by atoms with Crippen molar-refractivity contribution < 1.29 is 29.4 Å². The molecule has 1 aromatic rings. The highest BCUT2D eigenvalue weighted by Gasteiger charge is 2.31. The molecule has 12 heteroatoms. The molecule has 11 nitrogen and oxygen atoms in total. The van der Waals surface area contributed by atoms with Crippen molar-refractivity contribution >= 4 is 35.5 Å². The van der Waals surface area contributed by atoms with Crippen LogP contribution >= 0.6 is 11.8 Å². The van der Waals surface area contributed by atoms with Crippen molar-refractivity contribution in [1.82, 2.24) is 16.0 Å². The largest absolute Gasteiger partial charge is 0.508 e. The Labute approximate surface area is 222 Å². The highest BCUT2D eigenvalue weighted by molar-refractivity contribution is 7.98. The second kappa shape index (κ2) is 16.8. The topological polar surface area (TPSA) is 197 Å². The Morgan fingerprint density at radius 3 is 2.08 bits per heavy atom. The number of benzene rings is 1. The van der Waals surface area contributed by atoms with Crippen LogP contribution in [0.25, 0.3) is 0 Å². The minimum absolute atomic E-state index is 0.0993. The van der Waals surface area contributed by atoms with Crippen LogP contribution in [0.5, 0.6) is 5.75 Å². The molecule has 4 unspecified atom stereocenters. The molecule has 0 spiro atoms. The lowest BCUT2D eigenvalue weighted by Gasteiger charge is -2.27. The molecule has 1 rings (SSSR count). The fourth-order valence-electron chi connectivity index (χ4n) is 3.56. The normalized spacial score (nSPS) is 14.3. The molecule has 0 saturated carbocycles. The van der Waals surface area contributed by atoms with Crippen LogP contribution in [0.1, 0.15) is 45.1 Å². The second-order valence-corrected chi connectivity index (χ2v) is 10.2. The van der Waals surface area contributed by atoms with Gasteiger partial charge in [-0.3, -0.25) is 14.4 Å². The van der Waals surface area contributed by atoms with Gasteiger partial charge in [0, 0.05) is 0 Å². The van der Waals surface area contributed by atoms with E-state index >= 15 is 0 Å². The number of aromatic hydroxyl groups is 1. The van der Waals surface area contributed by atoms with Crippen LogP contribution in [0.15, 0.2) is 24.3 Å². The molecule has 4 atom stereocenters. The summed E-state index contributed by atoms with van der Waals surface area (Å²) in [5.41, 5.74) is 12.4. The molecule has 1 aromatic carbocycles. The molecule has 3 amide bonds. The molecule has 37 heavy (non-hydrogen) atoms. The van der Waals surface area contributed by atoms with Gasteiger partial charge in [-0.05, 0) is 74.3 Å². The first-order chi connectivity index (χ1) is 17.5. The quantitative estimate of drug-likeness (QED) is 0.136. The van der Waals surface area contributed by atoms with Gasteiger partial charge in [0.1, 0.15) is 23.9 Å². The molecule has 0 aliphatic heterocycles. The molecule has 0 fully saturated rings. The zero-order valence-corrected chi connectivity index (χ0v) is 22.6. The molecule has 0 radical (unpaired) electrons. The summed E-state index contributed by atoms with van der Waals surface area (Å²) in [6.07, 6.45) is 3.74. The molecule has 0 heterocycles. The zero-order chi connectivity index (χ0) is 28.0. The third-order valence-electron chi connectivity index (χ3n) is 5.78. The summed E-state index contributed by atoms with van der Waals surface area (Å²) in [5.74, 6) is -2.51. The van der Waals surface area contributed by atoms with Crippen LogP contribution < -0.4 is 27.4 Å². The Bertz CT molecular complexity index is 883. The van der Waals surface area contributed by atoms with E-state index < -0.39 is 47.9 Å². The number of rotatable bonds is 17. The second-order valence-electron chi connectivity index (χ2n) is 9.23. The lowest BCUT2D eigenvalue weighted by molar-refractivity contribution is -0.142. The van der Waals surface area contributed by atoms with Gasteiger partial charge in [0.05, 0.1) is 6.04 Å². The average Bonchev–Trinajstić information content (AvgIpc) is 2.85. The van der Waals surface area contributed by atoms with E-state index in [-0.39, 0.29) is 30.9 Å². The number of carboxylic acid groups (broad SMARTS) is 1. The first kappa shape index (κ1) is 32.2. The number of aliphatic carboxylic acids is 1. The predicted molar refractivity (Wildman–Crippen MR) is 144 cm³/mol. The molecule has 0 aromatic heterocycles. The standard InChI is InChI=1S/C25H41N5O6S/c1-15(2)21(30-22(32)18(27)14-16-7-9-17(31)10-8-16)24(34)28-19(6-4-5-12-26)23(33)29-20(25(35)36)11-13-37-3/h7-10,15,18-21,31H,4-6,11-14,26-27H2,1-3H3,(H,28,34)(H,29,33)(H,30,32)(H,35,36). The van der Waals surface area contributed by atoms with Crippen LogP contribution in [-0.2, 0) is 25.6 Å². The summed E-state index contributed by atoms with van der Waals surface area (Å²) in [5, 5.41) is 26.7. The fourth-order valence-corrected chi connectivity index (χ4v) is 4.03. The fraction of sp³-hybridized carbons (Fsp3) is 0.600. The highest BCUT2D eigenvalue weighted by atomic mass is 32.2. The van der Waals surface area contributed by atoms with Crippen LogP contribution in [0.4, 0.5) is 0 Å². The zero-order valence-electron chi connectivity index (χ0n) is 21.7. The molecular weight excluding hydrogens is 498 g/mol. The lowest BCUT2D eigenvalue weighted by Crippen LogP contribution is -2.58. The number of amides is 3. The maximum Gasteiger partial charge on any atom is 0.326 e. The molecule has 9 N–H and O–H groups in total. The van der Waals surface area contributed by atoms with E-state index in [4.69, 9.17) is 11.5 Å². The van der Waals surface area contributed by atoms with Gasteiger partial charge in [0.15, 0.2) is 0 Å². The Balaban J connectivity index is 2.91. The van der Waals surface area contributed by atoms with E-state index in [1.807, 2.05) is 6.26 Å². The van der Waals surface area contributed by atoms with E-state index in [0.717, 1.165) is 5.56 Å². The van der Waals surface area contributed by atoms with E-state index in [0.29, 0.717) is 25.1 Å². The number of carbonyl (C=O) groups excluding carboxylic acids is 3. The van der Waals surface area contributed by atoms with Gasteiger partial charge in [0.25, 0.3) is 0 Å². The van der Waals surface area contributed by atoms with Gasteiger partial charge in [-0.25, -0.2) is 4.79 Å². The van der Waals surface area contributed by atoms with Crippen LogP contribution in [0, 0.1) is 5.92 Å². The minimum Gasteiger partial charge on any atom is -0.508 e. The van der Waals surface area contributed by atoms with Gasteiger partial charge in [-0.2, -0.15) is 11.8 Å². The van der Waals surface area contributed by atoms with Crippen molar-refractivity contribution in [2.75, 3.05) is 18.6 Å². The van der Waals surface area contributed by atoms with E-state index in [2.05, 4.69) is 16.0 Å². The monoisotopic (exact) mass is 539 g/mol. The number of unbranched alkanes of at least 4 members (excludes halogenated alkanes) is 1. The molecule has 0 aliphatic carbocycles.